The van der Waals surface area contributed by atoms with Gasteiger partial charge in [-0.25, -0.2) is 9.67 Å². The Morgan fingerprint density at radius 1 is 1.35 bits per heavy atom. The SMILES string of the molecule is O=C(NCc1ccc(-n2cncn2)cc1)C(F)(F)C1(O)CCC1. The summed E-state index contributed by atoms with van der Waals surface area (Å²) in [6.07, 6.45) is 3.33. The number of nitrogens with one attached hydrogen (secondary N) is 1. The van der Waals surface area contributed by atoms with Gasteiger partial charge in [0.15, 0.2) is 0 Å². The van der Waals surface area contributed by atoms with Crippen molar-refractivity contribution >= 4 is 5.91 Å². The van der Waals surface area contributed by atoms with Crippen molar-refractivity contribution in [2.75, 3.05) is 0 Å². The number of hydrogen-bond donors (Lipinski definition) is 2. The molecular weight excluding hydrogens is 306 g/mol. The van der Waals surface area contributed by atoms with E-state index in [1.165, 1.54) is 12.7 Å². The number of rotatable bonds is 5. The van der Waals surface area contributed by atoms with Gasteiger partial charge in [0.05, 0.1) is 5.69 Å². The summed E-state index contributed by atoms with van der Waals surface area (Å²) in [7, 11) is 0. The van der Waals surface area contributed by atoms with Crippen molar-refractivity contribution < 1.29 is 18.7 Å². The van der Waals surface area contributed by atoms with Crippen LogP contribution in [0.4, 0.5) is 8.78 Å². The molecule has 1 aliphatic carbocycles. The summed E-state index contributed by atoms with van der Waals surface area (Å²) in [5, 5.41) is 15.9. The molecule has 0 saturated heterocycles. The number of nitrogens with zero attached hydrogens (tertiary/aromatic N) is 3. The van der Waals surface area contributed by atoms with Crippen LogP contribution in [0.5, 0.6) is 0 Å². The van der Waals surface area contributed by atoms with E-state index in [1.54, 1.807) is 28.9 Å². The number of halogens is 2. The second-order valence-corrected chi connectivity index (χ2v) is 5.65. The Labute approximate surface area is 131 Å². The summed E-state index contributed by atoms with van der Waals surface area (Å²) in [4.78, 5) is 15.5. The number of amides is 1. The van der Waals surface area contributed by atoms with E-state index in [0.29, 0.717) is 12.0 Å². The van der Waals surface area contributed by atoms with E-state index in [4.69, 9.17) is 0 Å². The minimum atomic E-state index is -3.77. The largest absolute Gasteiger partial charge is 0.383 e. The predicted molar refractivity (Wildman–Crippen MR) is 77.0 cm³/mol. The highest BCUT2D eigenvalue weighted by atomic mass is 19.3. The van der Waals surface area contributed by atoms with Crippen LogP contribution in [0.1, 0.15) is 24.8 Å². The molecule has 3 rings (SSSR count). The van der Waals surface area contributed by atoms with Crippen molar-refractivity contribution in [3.63, 3.8) is 0 Å². The lowest BCUT2D eigenvalue weighted by atomic mass is 9.75. The molecule has 1 amide bonds. The molecule has 1 aromatic heterocycles. The van der Waals surface area contributed by atoms with Crippen molar-refractivity contribution in [3.8, 4) is 5.69 Å². The highest BCUT2D eigenvalue weighted by Gasteiger charge is 2.61. The first kappa shape index (κ1) is 15.5. The van der Waals surface area contributed by atoms with Crippen LogP contribution in [0.25, 0.3) is 5.69 Å². The van der Waals surface area contributed by atoms with Crippen LogP contribution < -0.4 is 5.32 Å². The molecule has 1 aromatic carbocycles. The molecule has 0 bridgehead atoms. The van der Waals surface area contributed by atoms with Crippen LogP contribution in [0, 0.1) is 0 Å². The summed E-state index contributed by atoms with van der Waals surface area (Å²) >= 11 is 0. The summed E-state index contributed by atoms with van der Waals surface area (Å²) in [6, 6.07) is 6.89. The zero-order valence-corrected chi connectivity index (χ0v) is 12.2. The number of aromatic nitrogens is 3. The maximum atomic E-state index is 13.9. The molecule has 8 heteroatoms. The summed E-state index contributed by atoms with van der Waals surface area (Å²) in [5.74, 6) is -5.22. The van der Waals surface area contributed by atoms with E-state index >= 15 is 0 Å². The molecule has 1 aliphatic rings. The van der Waals surface area contributed by atoms with Gasteiger partial charge >= 0.3 is 5.92 Å². The lowest BCUT2D eigenvalue weighted by Crippen LogP contribution is -2.60. The molecule has 0 atom stereocenters. The van der Waals surface area contributed by atoms with Crippen LogP contribution in [0.3, 0.4) is 0 Å². The number of hydrogen-bond acceptors (Lipinski definition) is 4. The van der Waals surface area contributed by atoms with Crippen molar-refractivity contribution in [1.29, 1.82) is 0 Å². The van der Waals surface area contributed by atoms with Crippen LogP contribution in [0.15, 0.2) is 36.9 Å². The van der Waals surface area contributed by atoms with Gasteiger partial charge in [-0.3, -0.25) is 4.79 Å². The second kappa shape index (κ2) is 5.69. The Morgan fingerprint density at radius 2 is 2.04 bits per heavy atom. The molecule has 1 fully saturated rings. The molecule has 1 heterocycles. The lowest BCUT2D eigenvalue weighted by molar-refractivity contribution is -0.216. The zero-order valence-electron chi connectivity index (χ0n) is 12.2. The molecule has 0 aliphatic heterocycles. The molecule has 2 N–H and O–H groups in total. The van der Waals surface area contributed by atoms with Gasteiger partial charge < -0.3 is 10.4 Å². The highest BCUT2D eigenvalue weighted by Crippen LogP contribution is 2.44. The average Bonchev–Trinajstić information content (AvgIpc) is 3.05. The minimum Gasteiger partial charge on any atom is -0.383 e. The molecule has 122 valence electrons. The van der Waals surface area contributed by atoms with Crippen molar-refractivity contribution in [1.82, 2.24) is 20.1 Å². The molecule has 1 saturated carbocycles. The fourth-order valence-corrected chi connectivity index (χ4v) is 2.44. The lowest BCUT2D eigenvalue weighted by Gasteiger charge is -2.41. The Bertz CT molecular complexity index is 682. The fraction of sp³-hybridized carbons (Fsp3) is 0.400. The van der Waals surface area contributed by atoms with E-state index in [0.717, 1.165) is 5.69 Å². The molecule has 23 heavy (non-hydrogen) atoms. The number of alkyl halides is 2. The minimum absolute atomic E-state index is 0.0395. The number of benzene rings is 1. The number of carbonyl (C=O) groups is 1. The third kappa shape index (κ3) is 2.81. The Balaban J connectivity index is 1.61. The standard InChI is InChI=1S/C15H16F2N4O2/c16-15(17,14(23)6-1-7-14)13(22)19-8-11-2-4-12(5-3-11)21-10-18-9-20-21/h2-5,9-10,23H,1,6-8H2,(H,19,22). The average molecular weight is 322 g/mol. The van der Waals surface area contributed by atoms with E-state index in [1.807, 2.05) is 0 Å². The first-order chi connectivity index (χ1) is 10.9. The Kier molecular flexibility index (Phi) is 3.85. The highest BCUT2D eigenvalue weighted by molar-refractivity contribution is 5.85. The smallest absolute Gasteiger partial charge is 0.352 e. The first-order valence-electron chi connectivity index (χ1n) is 7.25. The van der Waals surface area contributed by atoms with E-state index in [2.05, 4.69) is 15.4 Å². The molecular formula is C15H16F2N4O2. The van der Waals surface area contributed by atoms with Gasteiger partial charge in [0.2, 0.25) is 0 Å². The van der Waals surface area contributed by atoms with Crippen LogP contribution in [0.2, 0.25) is 0 Å². The molecule has 6 nitrogen and oxygen atoms in total. The predicted octanol–water partition coefficient (Wildman–Crippen LogP) is 1.43. The van der Waals surface area contributed by atoms with E-state index < -0.39 is 17.4 Å². The second-order valence-electron chi connectivity index (χ2n) is 5.65. The number of aliphatic hydroxyl groups is 1. The topological polar surface area (TPSA) is 80.0 Å². The van der Waals surface area contributed by atoms with E-state index in [-0.39, 0.29) is 19.4 Å². The van der Waals surface area contributed by atoms with Gasteiger partial charge in [-0.2, -0.15) is 13.9 Å². The van der Waals surface area contributed by atoms with Gasteiger partial charge in [-0.15, -0.1) is 0 Å². The third-order valence-corrected chi connectivity index (χ3v) is 4.12. The van der Waals surface area contributed by atoms with Gasteiger partial charge in [0, 0.05) is 6.54 Å². The van der Waals surface area contributed by atoms with Crippen LogP contribution in [-0.4, -0.2) is 37.3 Å². The van der Waals surface area contributed by atoms with Crippen molar-refractivity contribution in [3.05, 3.63) is 42.5 Å². The monoisotopic (exact) mass is 322 g/mol. The van der Waals surface area contributed by atoms with Gasteiger partial charge in [-0.1, -0.05) is 12.1 Å². The van der Waals surface area contributed by atoms with Crippen molar-refractivity contribution in [2.45, 2.75) is 37.3 Å². The quantitative estimate of drug-likeness (QED) is 0.873. The maximum absolute atomic E-state index is 13.9. The van der Waals surface area contributed by atoms with Gasteiger partial charge in [0.1, 0.15) is 18.3 Å². The van der Waals surface area contributed by atoms with Crippen molar-refractivity contribution in [2.24, 2.45) is 0 Å². The van der Waals surface area contributed by atoms with Crippen LogP contribution in [-0.2, 0) is 11.3 Å². The molecule has 0 spiro atoms. The fourth-order valence-electron chi connectivity index (χ4n) is 2.44. The molecule has 0 unspecified atom stereocenters. The zero-order chi connectivity index (χ0) is 16.5. The Morgan fingerprint density at radius 3 is 2.57 bits per heavy atom. The van der Waals surface area contributed by atoms with E-state index in [9.17, 15) is 18.7 Å². The summed E-state index contributed by atoms with van der Waals surface area (Å²) in [5.41, 5.74) is -0.765. The Hall–Kier alpha value is -2.35. The summed E-state index contributed by atoms with van der Waals surface area (Å²) < 4.78 is 29.4. The number of carbonyl (C=O) groups excluding carboxylic acids is 1. The normalized spacial score (nSPS) is 16.7. The first-order valence-corrected chi connectivity index (χ1v) is 7.25. The van der Waals surface area contributed by atoms with Gasteiger partial charge in [-0.05, 0) is 37.0 Å². The van der Waals surface area contributed by atoms with Gasteiger partial charge in [0.25, 0.3) is 5.91 Å². The van der Waals surface area contributed by atoms with Crippen LogP contribution >= 0.6 is 0 Å². The maximum Gasteiger partial charge on any atom is 0.352 e. The molecule has 2 aromatic rings. The third-order valence-electron chi connectivity index (χ3n) is 4.12. The summed E-state index contributed by atoms with van der Waals surface area (Å²) in [6.45, 7) is -0.0395. The molecule has 0 radical (unpaired) electrons.